The summed E-state index contributed by atoms with van der Waals surface area (Å²) in [5.41, 5.74) is 9.36. The van der Waals surface area contributed by atoms with E-state index < -0.39 is 29.7 Å². The summed E-state index contributed by atoms with van der Waals surface area (Å²) < 4.78 is 19.8. The average Bonchev–Trinajstić information content (AvgIpc) is 3.76. The summed E-state index contributed by atoms with van der Waals surface area (Å²) >= 11 is 0. The number of nitrogens with one attached hydrogen (secondary N) is 2. The van der Waals surface area contributed by atoms with Crippen molar-refractivity contribution >= 4 is 57.2 Å². The number of hydrogen-bond donors (Lipinski definition) is 3. The van der Waals surface area contributed by atoms with Gasteiger partial charge < -0.3 is 25.3 Å². The molecule has 350 valence electrons. The average molecular weight is 921 g/mol. The van der Waals surface area contributed by atoms with Gasteiger partial charge >= 0.3 is 0 Å². The third-order valence-electron chi connectivity index (χ3n) is 13.4. The first-order valence-electron chi connectivity index (χ1n) is 23.2. The molecule has 68 heavy (non-hydrogen) atoms. The van der Waals surface area contributed by atoms with Gasteiger partial charge in [0.2, 0.25) is 11.8 Å². The second kappa shape index (κ2) is 19.5. The first-order chi connectivity index (χ1) is 33.2. The fourth-order valence-corrected chi connectivity index (χ4v) is 9.93. The Morgan fingerprint density at radius 2 is 1.51 bits per heavy atom. The number of imide groups is 2. The molecule has 1 atom stereocenters. The van der Waals surface area contributed by atoms with Gasteiger partial charge in [0.1, 0.15) is 41.1 Å². The molecule has 3 aliphatic heterocycles. The molecule has 0 spiro atoms. The molecule has 18 nitrogen and oxygen atoms in total. The lowest BCUT2D eigenvalue weighted by atomic mass is 9.90. The number of aromatic nitrogens is 4. The molecule has 3 fully saturated rings. The van der Waals surface area contributed by atoms with Crippen molar-refractivity contribution in [1.29, 1.82) is 0 Å². The van der Waals surface area contributed by atoms with Crippen LogP contribution >= 0.6 is 0 Å². The summed E-state index contributed by atoms with van der Waals surface area (Å²) in [6.07, 6.45) is 5.71. The summed E-state index contributed by atoms with van der Waals surface area (Å²) in [6, 6.07) is 25.4. The Morgan fingerprint density at radius 3 is 2.29 bits per heavy atom. The SMILES string of the molecule is Nc1ncnc2c1c(-c1ccc(Oc3ccccc3)cc1)nn2[C@H]1CC[C@H](N2CCN(CCOCCNC(=O)COc3cc4c5c(cccc5c3)C(=O)N(C3CCC(=O)NC3=O)C4=O)CC2)CC1. The number of anilines is 1. The van der Waals surface area contributed by atoms with Gasteiger partial charge in [0.05, 0.1) is 30.2 Å². The lowest BCUT2D eigenvalue weighted by Gasteiger charge is -2.42. The Labute approximate surface area is 391 Å². The van der Waals surface area contributed by atoms with Crippen LogP contribution in [0.15, 0.2) is 91.3 Å². The zero-order valence-electron chi connectivity index (χ0n) is 37.5. The Bertz CT molecular complexity index is 2880. The summed E-state index contributed by atoms with van der Waals surface area (Å²) in [5, 5.41) is 12.0. The molecule has 4 N–H and O–H groups in total. The first kappa shape index (κ1) is 44.6. The fraction of sp³-hybridized carbons (Fsp3) is 0.360. The monoisotopic (exact) mass is 920 g/mol. The molecule has 1 aliphatic carbocycles. The number of amides is 5. The molecule has 4 aromatic carbocycles. The number of fused-ring (bicyclic) bond motifs is 1. The number of carbonyl (C=O) groups is 5. The zero-order chi connectivity index (χ0) is 46.7. The maximum absolute atomic E-state index is 13.7. The van der Waals surface area contributed by atoms with Crippen molar-refractivity contribution in [1.82, 2.24) is 45.1 Å². The van der Waals surface area contributed by atoms with E-state index in [1.165, 1.54) is 12.4 Å². The third-order valence-corrected chi connectivity index (χ3v) is 13.4. The van der Waals surface area contributed by atoms with E-state index in [-0.39, 0.29) is 48.3 Å². The predicted octanol–water partition coefficient (Wildman–Crippen LogP) is 4.74. The van der Waals surface area contributed by atoms with Crippen molar-refractivity contribution in [3.8, 4) is 28.5 Å². The number of nitrogens with zero attached hydrogens (tertiary/aromatic N) is 7. The number of para-hydroxylation sites is 1. The van der Waals surface area contributed by atoms with Crippen molar-refractivity contribution in [2.75, 3.05) is 64.8 Å². The Balaban J connectivity index is 0.644. The van der Waals surface area contributed by atoms with Crippen LogP contribution in [0.5, 0.6) is 17.2 Å². The normalized spacial score (nSPS) is 20.2. The van der Waals surface area contributed by atoms with E-state index >= 15 is 0 Å². The van der Waals surface area contributed by atoms with Crippen LogP contribution in [0.3, 0.4) is 0 Å². The first-order valence-corrected chi connectivity index (χ1v) is 23.2. The number of hydrogen-bond acceptors (Lipinski definition) is 14. The minimum Gasteiger partial charge on any atom is -0.484 e. The zero-order valence-corrected chi connectivity index (χ0v) is 37.5. The van der Waals surface area contributed by atoms with E-state index in [4.69, 9.17) is 25.0 Å². The van der Waals surface area contributed by atoms with E-state index in [1.807, 2.05) is 54.6 Å². The van der Waals surface area contributed by atoms with Crippen LogP contribution in [0.4, 0.5) is 5.82 Å². The minimum absolute atomic E-state index is 0.0164. The van der Waals surface area contributed by atoms with E-state index in [2.05, 4.69) is 35.1 Å². The molecule has 10 rings (SSSR count). The minimum atomic E-state index is -1.11. The summed E-state index contributed by atoms with van der Waals surface area (Å²) in [4.78, 5) is 79.1. The highest BCUT2D eigenvalue weighted by Gasteiger charge is 2.43. The molecular formula is C50H52N10O8. The molecule has 2 aromatic heterocycles. The molecule has 0 radical (unpaired) electrons. The van der Waals surface area contributed by atoms with Crippen molar-refractivity contribution in [2.24, 2.45) is 0 Å². The molecule has 4 aliphatic rings. The summed E-state index contributed by atoms with van der Waals surface area (Å²) in [5.74, 6) is -0.557. The summed E-state index contributed by atoms with van der Waals surface area (Å²) in [6.45, 7) is 5.62. The Kier molecular flexibility index (Phi) is 12.8. The molecule has 1 unspecified atom stereocenters. The van der Waals surface area contributed by atoms with Crippen LogP contribution < -0.4 is 25.8 Å². The van der Waals surface area contributed by atoms with E-state index in [1.54, 1.807) is 24.3 Å². The number of piperazine rings is 1. The number of rotatable bonds is 15. The highest BCUT2D eigenvalue weighted by atomic mass is 16.5. The standard InChI is InChI=1S/C50H52N10O8/c51-46-44-45(31-9-15-36(16-10-31)68-35-6-2-1-3-7-35)56-60(47(44)54-30-53-46)34-13-11-33(12-14-34)58-22-20-57(21-23-58)24-26-66-25-19-52-42(62)29-67-37-27-32-5-4-8-38-43(32)39(28-37)50(65)59(49(38)64)40-17-18-41(61)55-48(40)63/h1-10,15-16,27-28,30,33-34,40H,11-14,17-26,29H2,(H,52,62)(H2,51,53,54)(H,55,61,63)/t33-,34-,40?. The van der Waals surface area contributed by atoms with Crippen molar-refractivity contribution in [3.05, 3.63) is 102 Å². The van der Waals surface area contributed by atoms with Crippen LogP contribution in [-0.4, -0.2) is 135 Å². The van der Waals surface area contributed by atoms with Gasteiger partial charge in [0.25, 0.3) is 17.7 Å². The van der Waals surface area contributed by atoms with E-state index in [9.17, 15) is 24.0 Å². The van der Waals surface area contributed by atoms with E-state index in [0.717, 1.165) is 97.1 Å². The van der Waals surface area contributed by atoms with Crippen LogP contribution in [0.25, 0.3) is 33.1 Å². The topological polar surface area (TPSA) is 216 Å². The van der Waals surface area contributed by atoms with E-state index in [0.29, 0.717) is 42.4 Å². The Hall–Kier alpha value is -7.28. The van der Waals surface area contributed by atoms with Gasteiger partial charge in [0, 0.05) is 68.2 Å². The second-order valence-electron chi connectivity index (χ2n) is 17.6. The van der Waals surface area contributed by atoms with Gasteiger partial charge in [-0.15, -0.1) is 0 Å². The van der Waals surface area contributed by atoms with Crippen LogP contribution in [0, 0.1) is 0 Å². The molecule has 0 bridgehead atoms. The van der Waals surface area contributed by atoms with Gasteiger partial charge in [-0.25, -0.2) is 14.6 Å². The van der Waals surface area contributed by atoms with Gasteiger partial charge in [-0.2, -0.15) is 5.10 Å². The number of piperidine rings is 1. The highest BCUT2D eigenvalue weighted by Crippen LogP contribution is 2.39. The van der Waals surface area contributed by atoms with Gasteiger partial charge in [-0.3, -0.25) is 44.0 Å². The maximum Gasteiger partial charge on any atom is 0.262 e. The van der Waals surface area contributed by atoms with Crippen LogP contribution in [0.2, 0.25) is 0 Å². The van der Waals surface area contributed by atoms with Gasteiger partial charge in [-0.05, 0) is 92.1 Å². The van der Waals surface area contributed by atoms with Crippen LogP contribution in [-0.2, 0) is 19.1 Å². The fourth-order valence-electron chi connectivity index (χ4n) is 9.93. The molecule has 18 heteroatoms. The highest BCUT2D eigenvalue weighted by molar-refractivity contribution is 6.27. The van der Waals surface area contributed by atoms with Crippen molar-refractivity contribution in [3.63, 3.8) is 0 Å². The maximum atomic E-state index is 13.7. The largest absolute Gasteiger partial charge is 0.484 e. The number of benzene rings is 4. The lowest BCUT2D eigenvalue weighted by molar-refractivity contribution is -0.136. The number of carbonyl (C=O) groups excluding carboxylic acids is 5. The van der Waals surface area contributed by atoms with Gasteiger partial charge in [-0.1, -0.05) is 30.3 Å². The molecule has 2 saturated heterocycles. The molecule has 5 amide bonds. The van der Waals surface area contributed by atoms with Crippen molar-refractivity contribution in [2.45, 2.75) is 56.7 Å². The number of nitrogen functional groups attached to an aromatic ring is 1. The molecule has 5 heterocycles. The second-order valence-corrected chi connectivity index (χ2v) is 17.6. The third kappa shape index (κ3) is 9.21. The quantitative estimate of drug-likeness (QED) is 0.0938. The number of ether oxygens (including phenoxy) is 3. The smallest absolute Gasteiger partial charge is 0.262 e. The molecule has 6 aromatic rings. The van der Waals surface area contributed by atoms with Crippen LogP contribution in [0.1, 0.15) is 65.3 Å². The lowest BCUT2D eigenvalue weighted by Crippen LogP contribution is -2.57. The molecular weight excluding hydrogens is 869 g/mol. The summed E-state index contributed by atoms with van der Waals surface area (Å²) in [7, 11) is 0. The van der Waals surface area contributed by atoms with Gasteiger partial charge in [0.15, 0.2) is 12.3 Å². The number of nitrogens with two attached hydrogens (primary N) is 1. The Morgan fingerprint density at radius 1 is 0.765 bits per heavy atom. The van der Waals surface area contributed by atoms with Crippen molar-refractivity contribution < 1.29 is 38.2 Å². The molecule has 1 saturated carbocycles. The predicted molar refractivity (Wildman–Crippen MR) is 251 cm³/mol.